The lowest BCUT2D eigenvalue weighted by molar-refractivity contribution is 0.0702. The predicted octanol–water partition coefficient (Wildman–Crippen LogP) is 3.05. The summed E-state index contributed by atoms with van der Waals surface area (Å²) in [5.41, 5.74) is 2.42. The Balaban J connectivity index is 1.36. The van der Waals surface area contributed by atoms with E-state index in [4.69, 9.17) is 13.9 Å². The Bertz CT molecular complexity index is 1240. The topological polar surface area (TPSA) is 98.1 Å². The van der Waals surface area contributed by atoms with E-state index in [0.29, 0.717) is 55.7 Å². The van der Waals surface area contributed by atoms with Crippen molar-refractivity contribution >= 4 is 21.6 Å². The normalized spacial score (nSPS) is 15.3. The van der Waals surface area contributed by atoms with Crippen molar-refractivity contribution in [3.63, 3.8) is 0 Å². The number of carbonyl (C=O) groups excluding carboxylic acids is 1. The van der Waals surface area contributed by atoms with Gasteiger partial charge in [-0.25, -0.2) is 8.42 Å². The summed E-state index contributed by atoms with van der Waals surface area (Å²) in [6, 6.07) is 13.2. The zero-order valence-electron chi connectivity index (χ0n) is 16.5. The minimum absolute atomic E-state index is 0.0871. The Hall–Kier alpha value is -3.46. The van der Waals surface area contributed by atoms with Crippen LogP contribution in [0, 0.1) is 0 Å². The van der Waals surface area contributed by atoms with Gasteiger partial charge in [-0.1, -0.05) is 6.07 Å². The van der Waals surface area contributed by atoms with Gasteiger partial charge < -0.3 is 18.8 Å². The van der Waals surface area contributed by atoms with Crippen LogP contribution in [-0.4, -0.2) is 39.0 Å². The minimum Gasteiger partial charge on any atom is -0.486 e. The Kier molecular flexibility index (Phi) is 4.82. The highest BCUT2D eigenvalue weighted by Gasteiger charge is 2.25. The molecule has 3 aromatic rings. The van der Waals surface area contributed by atoms with Crippen LogP contribution in [0.25, 0.3) is 0 Å². The SMILES string of the molecule is O=C(c1ccco1)N1CCc2ccc(NS(=O)(=O)c3ccc4c(c3)OCCO4)cc2C1. The average molecular weight is 440 g/mol. The van der Waals surface area contributed by atoms with E-state index >= 15 is 0 Å². The first-order valence-electron chi connectivity index (χ1n) is 9.87. The van der Waals surface area contributed by atoms with Crippen LogP contribution in [0.3, 0.4) is 0 Å². The van der Waals surface area contributed by atoms with Crippen molar-refractivity contribution in [2.24, 2.45) is 0 Å². The molecule has 3 heterocycles. The molecule has 1 N–H and O–H groups in total. The largest absolute Gasteiger partial charge is 0.486 e. The molecular formula is C22H20N2O6S. The zero-order valence-corrected chi connectivity index (χ0v) is 17.4. The van der Waals surface area contributed by atoms with Crippen LogP contribution in [0.5, 0.6) is 11.5 Å². The Morgan fingerprint density at radius 2 is 1.81 bits per heavy atom. The molecule has 0 unspecified atom stereocenters. The molecule has 1 amide bonds. The molecule has 0 saturated heterocycles. The minimum atomic E-state index is -3.82. The van der Waals surface area contributed by atoms with Gasteiger partial charge in [0.2, 0.25) is 0 Å². The van der Waals surface area contributed by atoms with Gasteiger partial charge >= 0.3 is 0 Å². The lowest BCUT2D eigenvalue weighted by Crippen LogP contribution is -2.35. The third-order valence-electron chi connectivity index (χ3n) is 5.31. The molecule has 0 bridgehead atoms. The summed E-state index contributed by atoms with van der Waals surface area (Å²) in [6.45, 7) is 1.77. The molecule has 9 heteroatoms. The van der Waals surface area contributed by atoms with Gasteiger partial charge in [0.1, 0.15) is 13.2 Å². The molecule has 8 nitrogen and oxygen atoms in total. The third kappa shape index (κ3) is 3.84. The molecule has 0 fully saturated rings. The maximum absolute atomic E-state index is 12.9. The number of ether oxygens (including phenoxy) is 2. The molecule has 0 saturated carbocycles. The van der Waals surface area contributed by atoms with Crippen molar-refractivity contribution in [1.82, 2.24) is 4.90 Å². The predicted molar refractivity (Wildman–Crippen MR) is 112 cm³/mol. The molecule has 0 spiro atoms. The highest BCUT2D eigenvalue weighted by Crippen LogP contribution is 2.33. The lowest BCUT2D eigenvalue weighted by atomic mass is 9.99. The number of fused-ring (bicyclic) bond motifs is 2. The van der Waals surface area contributed by atoms with Gasteiger partial charge in [-0.15, -0.1) is 0 Å². The number of hydrogen-bond donors (Lipinski definition) is 1. The molecule has 0 aliphatic carbocycles. The van der Waals surface area contributed by atoms with Gasteiger partial charge in [0, 0.05) is 24.8 Å². The summed E-state index contributed by atoms with van der Waals surface area (Å²) in [6.07, 6.45) is 2.16. The van der Waals surface area contributed by atoms with Crippen LogP contribution >= 0.6 is 0 Å². The Morgan fingerprint density at radius 1 is 0.968 bits per heavy atom. The summed E-state index contributed by atoms with van der Waals surface area (Å²) in [4.78, 5) is 14.4. The fraction of sp³-hybridized carbons (Fsp3) is 0.227. The molecule has 31 heavy (non-hydrogen) atoms. The van der Waals surface area contributed by atoms with Gasteiger partial charge in [0.15, 0.2) is 17.3 Å². The maximum Gasteiger partial charge on any atom is 0.289 e. The van der Waals surface area contributed by atoms with E-state index in [-0.39, 0.29) is 10.8 Å². The summed E-state index contributed by atoms with van der Waals surface area (Å²) < 4.78 is 44.6. The molecule has 2 aromatic carbocycles. The van der Waals surface area contributed by atoms with Gasteiger partial charge in [-0.3, -0.25) is 9.52 Å². The highest BCUT2D eigenvalue weighted by molar-refractivity contribution is 7.92. The fourth-order valence-corrected chi connectivity index (χ4v) is 4.82. The summed E-state index contributed by atoms with van der Waals surface area (Å²) in [5, 5.41) is 0. The molecular weight excluding hydrogens is 420 g/mol. The van der Waals surface area contributed by atoms with E-state index < -0.39 is 10.0 Å². The lowest BCUT2D eigenvalue weighted by Gasteiger charge is -2.28. The van der Waals surface area contributed by atoms with Gasteiger partial charge in [0.05, 0.1) is 11.2 Å². The molecule has 5 rings (SSSR count). The van der Waals surface area contributed by atoms with Gasteiger partial charge in [-0.05, 0) is 53.9 Å². The second kappa shape index (κ2) is 7.66. The number of nitrogens with zero attached hydrogens (tertiary/aromatic N) is 1. The number of furan rings is 1. The quantitative estimate of drug-likeness (QED) is 0.670. The van der Waals surface area contributed by atoms with Crippen molar-refractivity contribution in [3.05, 3.63) is 71.7 Å². The average Bonchev–Trinajstić information content (AvgIpc) is 3.32. The van der Waals surface area contributed by atoms with Crippen molar-refractivity contribution in [2.75, 3.05) is 24.5 Å². The van der Waals surface area contributed by atoms with E-state index in [0.717, 1.165) is 11.1 Å². The van der Waals surface area contributed by atoms with Crippen LogP contribution < -0.4 is 14.2 Å². The Labute approximate surface area is 179 Å². The molecule has 2 aliphatic heterocycles. The van der Waals surface area contributed by atoms with E-state index in [1.165, 1.54) is 18.4 Å². The summed E-state index contributed by atoms with van der Waals surface area (Å²) >= 11 is 0. The van der Waals surface area contributed by atoms with Crippen LogP contribution in [0.15, 0.2) is 64.1 Å². The van der Waals surface area contributed by atoms with Crippen molar-refractivity contribution < 1.29 is 27.1 Å². The monoisotopic (exact) mass is 440 g/mol. The molecule has 0 atom stereocenters. The van der Waals surface area contributed by atoms with E-state index in [1.54, 1.807) is 35.2 Å². The van der Waals surface area contributed by atoms with Crippen molar-refractivity contribution in [3.8, 4) is 11.5 Å². The molecule has 1 aromatic heterocycles. The van der Waals surface area contributed by atoms with Crippen LogP contribution in [0.2, 0.25) is 0 Å². The molecule has 0 radical (unpaired) electrons. The van der Waals surface area contributed by atoms with Gasteiger partial charge in [-0.2, -0.15) is 0 Å². The first-order valence-corrected chi connectivity index (χ1v) is 11.3. The summed E-state index contributed by atoms with van der Waals surface area (Å²) in [5.74, 6) is 1.05. The number of amides is 1. The third-order valence-corrected chi connectivity index (χ3v) is 6.69. The van der Waals surface area contributed by atoms with Crippen molar-refractivity contribution in [1.29, 1.82) is 0 Å². The van der Waals surface area contributed by atoms with E-state index in [9.17, 15) is 13.2 Å². The smallest absolute Gasteiger partial charge is 0.289 e. The first-order chi connectivity index (χ1) is 15.0. The fourth-order valence-electron chi connectivity index (χ4n) is 3.75. The summed E-state index contributed by atoms with van der Waals surface area (Å²) in [7, 11) is -3.82. The second-order valence-corrected chi connectivity index (χ2v) is 9.03. The number of nitrogens with one attached hydrogen (secondary N) is 1. The number of rotatable bonds is 4. The van der Waals surface area contributed by atoms with Gasteiger partial charge in [0.25, 0.3) is 15.9 Å². The first kappa shape index (κ1) is 19.5. The highest BCUT2D eigenvalue weighted by atomic mass is 32.2. The number of carbonyl (C=O) groups is 1. The number of hydrogen-bond acceptors (Lipinski definition) is 6. The maximum atomic E-state index is 12.9. The molecule has 160 valence electrons. The number of anilines is 1. The van der Waals surface area contributed by atoms with Crippen LogP contribution in [0.4, 0.5) is 5.69 Å². The second-order valence-electron chi connectivity index (χ2n) is 7.35. The number of sulfonamides is 1. The van der Waals surface area contributed by atoms with Crippen LogP contribution in [-0.2, 0) is 23.0 Å². The van der Waals surface area contributed by atoms with Crippen molar-refractivity contribution in [2.45, 2.75) is 17.9 Å². The van der Waals surface area contributed by atoms with E-state index in [1.807, 2.05) is 6.07 Å². The number of benzene rings is 2. The zero-order chi connectivity index (χ0) is 21.4. The Morgan fingerprint density at radius 3 is 2.61 bits per heavy atom. The standard InChI is InChI=1S/C22H20N2O6S/c25-22(20-2-1-9-28-20)24-8-7-15-3-4-17(12-16(15)14-24)23-31(26,27)18-5-6-19-21(13-18)30-11-10-29-19/h1-6,9,12-13,23H,7-8,10-11,14H2. The molecule has 2 aliphatic rings. The van der Waals surface area contributed by atoms with Crippen LogP contribution in [0.1, 0.15) is 21.7 Å². The van der Waals surface area contributed by atoms with E-state index in [2.05, 4.69) is 4.72 Å².